The van der Waals surface area contributed by atoms with E-state index in [1.54, 1.807) is 16.9 Å². The van der Waals surface area contributed by atoms with Crippen LogP contribution in [0.5, 0.6) is 0 Å². The summed E-state index contributed by atoms with van der Waals surface area (Å²) in [6.45, 7) is 4.50. The maximum atomic E-state index is 12.1. The maximum Gasteiger partial charge on any atom is 0.251 e. The van der Waals surface area contributed by atoms with Crippen LogP contribution in [0, 0.1) is 6.92 Å². The van der Waals surface area contributed by atoms with Gasteiger partial charge >= 0.3 is 0 Å². The van der Waals surface area contributed by atoms with Crippen LogP contribution in [0.1, 0.15) is 22.8 Å². The molecule has 0 saturated carbocycles. The van der Waals surface area contributed by atoms with E-state index in [0.29, 0.717) is 17.8 Å². The smallest absolute Gasteiger partial charge is 0.251 e. The van der Waals surface area contributed by atoms with E-state index in [4.69, 9.17) is 5.73 Å². The fourth-order valence-corrected chi connectivity index (χ4v) is 1.99. The van der Waals surface area contributed by atoms with Crippen molar-refractivity contribution < 1.29 is 4.79 Å². The van der Waals surface area contributed by atoms with Crippen LogP contribution in [-0.2, 0) is 6.54 Å². The molecule has 1 heterocycles. The Morgan fingerprint density at radius 2 is 2.26 bits per heavy atom. The Hall–Kier alpha value is -2.30. The van der Waals surface area contributed by atoms with Gasteiger partial charge in [-0.1, -0.05) is 0 Å². The normalized spacial score (nSPS) is 12.1. The van der Waals surface area contributed by atoms with Gasteiger partial charge in [0, 0.05) is 29.7 Å². The Balaban J connectivity index is 2.00. The minimum absolute atomic E-state index is 0.00543. The molecule has 5 nitrogen and oxygen atoms in total. The molecule has 2 rings (SSSR count). The van der Waals surface area contributed by atoms with Crippen molar-refractivity contribution in [1.82, 2.24) is 15.1 Å². The van der Waals surface area contributed by atoms with Crippen LogP contribution in [0.15, 0.2) is 36.7 Å². The molecule has 5 heteroatoms. The van der Waals surface area contributed by atoms with Crippen molar-refractivity contribution in [3.05, 3.63) is 47.8 Å². The standard InChI is InChI=1S/C14H18N4O/c1-10-6-12(8-13(15)7-10)14(19)17-11(2)9-18-5-3-4-16-18/h3-8,11H,9,15H2,1-2H3,(H,17,19). The number of anilines is 1. The molecule has 0 saturated heterocycles. The predicted octanol–water partition coefficient (Wildman–Crippen LogP) is 1.59. The van der Waals surface area contributed by atoms with Gasteiger partial charge in [-0.2, -0.15) is 5.10 Å². The third-order valence-electron chi connectivity index (χ3n) is 2.76. The molecule has 3 N–H and O–H groups in total. The van der Waals surface area contributed by atoms with Crippen LogP contribution in [0.2, 0.25) is 0 Å². The summed E-state index contributed by atoms with van der Waals surface area (Å²) < 4.78 is 1.79. The van der Waals surface area contributed by atoms with Crippen molar-refractivity contribution in [2.24, 2.45) is 0 Å². The fraction of sp³-hybridized carbons (Fsp3) is 0.286. The summed E-state index contributed by atoms with van der Waals surface area (Å²) >= 11 is 0. The van der Waals surface area contributed by atoms with Gasteiger partial charge in [0.15, 0.2) is 0 Å². The van der Waals surface area contributed by atoms with E-state index in [9.17, 15) is 4.79 Å². The fourth-order valence-electron chi connectivity index (χ4n) is 1.99. The third kappa shape index (κ3) is 3.58. The second kappa shape index (κ2) is 5.56. The number of hydrogen-bond acceptors (Lipinski definition) is 3. The van der Waals surface area contributed by atoms with Crippen molar-refractivity contribution in [3.63, 3.8) is 0 Å². The van der Waals surface area contributed by atoms with Crippen LogP contribution in [0.4, 0.5) is 5.69 Å². The highest BCUT2D eigenvalue weighted by atomic mass is 16.1. The number of nitrogens with zero attached hydrogens (tertiary/aromatic N) is 2. The summed E-state index contributed by atoms with van der Waals surface area (Å²) in [7, 11) is 0. The molecular formula is C14H18N4O. The Labute approximate surface area is 112 Å². The van der Waals surface area contributed by atoms with Crippen LogP contribution >= 0.6 is 0 Å². The minimum atomic E-state index is -0.116. The number of hydrogen-bond donors (Lipinski definition) is 2. The number of nitrogen functional groups attached to an aromatic ring is 1. The average Bonchev–Trinajstić information content (AvgIpc) is 2.80. The first-order valence-electron chi connectivity index (χ1n) is 6.20. The topological polar surface area (TPSA) is 72.9 Å². The highest BCUT2D eigenvalue weighted by Gasteiger charge is 2.11. The van der Waals surface area contributed by atoms with E-state index >= 15 is 0 Å². The van der Waals surface area contributed by atoms with Crippen LogP contribution < -0.4 is 11.1 Å². The minimum Gasteiger partial charge on any atom is -0.399 e. The first kappa shape index (κ1) is 13.1. The van der Waals surface area contributed by atoms with Crippen molar-refractivity contribution >= 4 is 11.6 Å². The molecule has 0 fully saturated rings. The Morgan fingerprint density at radius 1 is 1.47 bits per heavy atom. The number of benzene rings is 1. The zero-order valence-corrected chi connectivity index (χ0v) is 11.1. The molecule has 0 aliphatic heterocycles. The Morgan fingerprint density at radius 3 is 2.89 bits per heavy atom. The number of amides is 1. The molecule has 1 unspecified atom stereocenters. The molecule has 2 aromatic rings. The van der Waals surface area contributed by atoms with Crippen LogP contribution in [0.3, 0.4) is 0 Å². The lowest BCUT2D eigenvalue weighted by molar-refractivity contribution is 0.0936. The van der Waals surface area contributed by atoms with Gasteiger partial charge in [0.25, 0.3) is 5.91 Å². The van der Waals surface area contributed by atoms with E-state index in [1.165, 1.54) is 0 Å². The monoisotopic (exact) mass is 258 g/mol. The van der Waals surface area contributed by atoms with Gasteiger partial charge in [0.05, 0.1) is 6.54 Å². The average molecular weight is 258 g/mol. The van der Waals surface area contributed by atoms with Crippen LogP contribution in [-0.4, -0.2) is 21.7 Å². The summed E-state index contributed by atoms with van der Waals surface area (Å²) in [5.74, 6) is -0.116. The van der Waals surface area contributed by atoms with Crippen molar-refractivity contribution in [1.29, 1.82) is 0 Å². The molecule has 0 aliphatic rings. The molecule has 1 amide bonds. The molecule has 100 valence electrons. The van der Waals surface area contributed by atoms with E-state index in [2.05, 4.69) is 10.4 Å². The first-order chi connectivity index (χ1) is 9.04. The zero-order chi connectivity index (χ0) is 13.8. The van der Waals surface area contributed by atoms with Gasteiger partial charge < -0.3 is 11.1 Å². The lowest BCUT2D eigenvalue weighted by atomic mass is 10.1. The van der Waals surface area contributed by atoms with Gasteiger partial charge in [-0.3, -0.25) is 9.48 Å². The Bertz CT molecular complexity index is 543. The number of nitrogens with two attached hydrogens (primary N) is 1. The summed E-state index contributed by atoms with van der Waals surface area (Å²) in [4.78, 5) is 12.1. The predicted molar refractivity (Wildman–Crippen MR) is 74.7 cm³/mol. The van der Waals surface area contributed by atoms with Crippen molar-refractivity contribution in [2.45, 2.75) is 26.4 Å². The molecule has 0 spiro atoms. The number of carbonyl (C=O) groups is 1. The molecule has 0 bridgehead atoms. The molecular weight excluding hydrogens is 240 g/mol. The number of aryl methyl sites for hydroxylation is 1. The SMILES string of the molecule is Cc1cc(N)cc(C(=O)NC(C)Cn2cccn2)c1. The number of nitrogens with one attached hydrogen (secondary N) is 1. The second-order valence-electron chi connectivity index (χ2n) is 4.73. The lowest BCUT2D eigenvalue weighted by Crippen LogP contribution is -2.35. The van der Waals surface area contributed by atoms with Crippen molar-refractivity contribution in [2.75, 3.05) is 5.73 Å². The number of rotatable bonds is 4. The first-order valence-corrected chi connectivity index (χ1v) is 6.20. The molecule has 1 atom stereocenters. The van der Waals surface area contributed by atoms with Crippen molar-refractivity contribution in [3.8, 4) is 0 Å². The van der Waals surface area contributed by atoms with E-state index in [0.717, 1.165) is 5.56 Å². The maximum absolute atomic E-state index is 12.1. The molecule has 19 heavy (non-hydrogen) atoms. The second-order valence-corrected chi connectivity index (χ2v) is 4.73. The van der Waals surface area contributed by atoms with E-state index in [-0.39, 0.29) is 11.9 Å². The van der Waals surface area contributed by atoms with Gasteiger partial charge in [0.1, 0.15) is 0 Å². The summed E-state index contributed by atoms with van der Waals surface area (Å²) in [6.07, 6.45) is 3.59. The summed E-state index contributed by atoms with van der Waals surface area (Å²) in [5, 5.41) is 7.04. The van der Waals surface area contributed by atoms with E-state index in [1.807, 2.05) is 38.2 Å². The lowest BCUT2D eigenvalue weighted by Gasteiger charge is -2.14. The highest BCUT2D eigenvalue weighted by molar-refractivity contribution is 5.95. The van der Waals surface area contributed by atoms with Gasteiger partial charge in [-0.25, -0.2) is 0 Å². The van der Waals surface area contributed by atoms with E-state index < -0.39 is 0 Å². The zero-order valence-electron chi connectivity index (χ0n) is 11.1. The quantitative estimate of drug-likeness (QED) is 0.818. The summed E-state index contributed by atoms with van der Waals surface area (Å²) in [5.41, 5.74) is 7.91. The van der Waals surface area contributed by atoms with Gasteiger partial charge in [-0.05, 0) is 43.7 Å². The molecule has 1 aromatic heterocycles. The number of aromatic nitrogens is 2. The Kier molecular flexibility index (Phi) is 3.85. The largest absolute Gasteiger partial charge is 0.399 e. The molecule has 1 aromatic carbocycles. The van der Waals surface area contributed by atoms with Gasteiger partial charge in [0.2, 0.25) is 0 Å². The summed E-state index contributed by atoms with van der Waals surface area (Å²) in [6, 6.07) is 7.20. The molecule has 0 radical (unpaired) electrons. The number of carbonyl (C=O) groups excluding carboxylic acids is 1. The third-order valence-corrected chi connectivity index (χ3v) is 2.76. The van der Waals surface area contributed by atoms with Crippen LogP contribution in [0.25, 0.3) is 0 Å². The van der Waals surface area contributed by atoms with Gasteiger partial charge in [-0.15, -0.1) is 0 Å². The highest BCUT2D eigenvalue weighted by Crippen LogP contribution is 2.11. The molecule has 0 aliphatic carbocycles.